The fraction of sp³-hybridized carbons (Fsp3) is 0.438. The van der Waals surface area contributed by atoms with E-state index in [4.69, 9.17) is 4.74 Å². The third-order valence-corrected chi connectivity index (χ3v) is 3.61. The number of carbonyl (C=O) groups is 3. The molecule has 0 saturated heterocycles. The number of rotatable bonds is 9. The van der Waals surface area contributed by atoms with Crippen molar-refractivity contribution in [3.8, 4) is 5.75 Å². The number of nitrogens with zero attached hydrogens (tertiary/aromatic N) is 1. The molecule has 0 atom stereocenters. The highest BCUT2D eigenvalue weighted by atomic mass is 79.9. The standard InChI is InChI=1S/C16H23BrN4O4/c1-3-18-14(22)9-21(4-2)10-15(23)19-20-16(24)11-25-13-7-5-12(17)6-8-13/h5-8H,3-4,9-11H2,1-2H3,(H,18,22)(H,19,23)(H,20,24). The van der Waals surface area contributed by atoms with Crippen molar-refractivity contribution >= 4 is 33.7 Å². The maximum Gasteiger partial charge on any atom is 0.276 e. The molecule has 0 aromatic heterocycles. The van der Waals surface area contributed by atoms with Crippen LogP contribution in [0, 0.1) is 0 Å². The van der Waals surface area contributed by atoms with Gasteiger partial charge in [0, 0.05) is 11.0 Å². The Morgan fingerprint density at radius 2 is 1.60 bits per heavy atom. The minimum atomic E-state index is -0.483. The topological polar surface area (TPSA) is 99.8 Å². The van der Waals surface area contributed by atoms with Gasteiger partial charge < -0.3 is 10.1 Å². The zero-order chi connectivity index (χ0) is 18.7. The molecule has 0 aliphatic heterocycles. The van der Waals surface area contributed by atoms with Crippen molar-refractivity contribution in [3.63, 3.8) is 0 Å². The smallest absolute Gasteiger partial charge is 0.276 e. The maximum absolute atomic E-state index is 11.8. The van der Waals surface area contributed by atoms with Crippen LogP contribution >= 0.6 is 15.9 Å². The lowest BCUT2D eigenvalue weighted by atomic mass is 10.3. The summed E-state index contributed by atoms with van der Waals surface area (Å²) >= 11 is 3.30. The molecule has 0 bridgehead atoms. The summed E-state index contributed by atoms with van der Waals surface area (Å²) in [5, 5.41) is 2.67. The SMILES string of the molecule is CCNC(=O)CN(CC)CC(=O)NNC(=O)COc1ccc(Br)cc1. The van der Waals surface area contributed by atoms with Gasteiger partial charge in [0.1, 0.15) is 5.75 Å². The quantitative estimate of drug-likeness (QED) is 0.508. The Hall–Kier alpha value is -2.13. The second-order valence-electron chi connectivity index (χ2n) is 5.10. The lowest BCUT2D eigenvalue weighted by molar-refractivity contribution is -0.131. The number of ether oxygens (including phenoxy) is 1. The van der Waals surface area contributed by atoms with Crippen molar-refractivity contribution in [1.29, 1.82) is 0 Å². The molecule has 0 fully saturated rings. The Balaban J connectivity index is 2.28. The van der Waals surface area contributed by atoms with Gasteiger partial charge in [0.15, 0.2) is 6.61 Å². The molecule has 1 aromatic carbocycles. The number of amides is 3. The van der Waals surface area contributed by atoms with E-state index in [1.165, 1.54) is 0 Å². The molecule has 9 heteroatoms. The summed E-state index contributed by atoms with van der Waals surface area (Å²) < 4.78 is 6.20. The maximum atomic E-state index is 11.8. The molecule has 0 spiro atoms. The number of halogens is 1. The molecule has 138 valence electrons. The summed E-state index contributed by atoms with van der Waals surface area (Å²) in [7, 11) is 0. The van der Waals surface area contributed by atoms with E-state index in [2.05, 4.69) is 32.1 Å². The van der Waals surface area contributed by atoms with Gasteiger partial charge in [-0.15, -0.1) is 0 Å². The minimum absolute atomic E-state index is 0.00147. The second-order valence-corrected chi connectivity index (χ2v) is 6.01. The molecule has 0 aliphatic rings. The summed E-state index contributed by atoms with van der Waals surface area (Å²) in [6.45, 7) is 4.64. The summed E-state index contributed by atoms with van der Waals surface area (Å²) in [6, 6.07) is 7.03. The zero-order valence-corrected chi connectivity index (χ0v) is 15.9. The van der Waals surface area contributed by atoms with Crippen LogP contribution in [0.15, 0.2) is 28.7 Å². The number of hydrogen-bond acceptors (Lipinski definition) is 5. The van der Waals surface area contributed by atoms with Crippen LogP contribution in [0.5, 0.6) is 5.75 Å². The summed E-state index contributed by atoms with van der Waals surface area (Å²) in [5.41, 5.74) is 4.57. The van der Waals surface area contributed by atoms with Gasteiger partial charge in [-0.1, -0.05) is 22.9 Å². The average molecular weight is 415 g/mol. The molecular formula is C16H23BrN4O4. The van der Waals surface area contributed by atoms with E-state index >= 15 is 0 Å². The minimum Gasteiger partial charge on any atom is -0.484 e. The number of carbonyl (C=O) groups excluding carboxylic acids is 3. The second kappa shape index (κ2) is 11.4. The van der Waals surface area contributed by atoms with Crippen molar-refractivity contribution in [3.05, 3.63) is 28.7 Å². The van der Waals surface area contributed by atoms with Crippen molar-refractivity contribution < 1.29 is 19.1 Å². The van der Waals surface area contributed by atoms with Crippen LogP contribution in [-0.2, 0) is 14.4 Å². The molecule has 0 aliphatic carbocycles. The fourth-order valence-electron chi connectivity index (χ4n) is 1.83. The van der Waals surface area contributed by atoms with Crippen LogP contribution in [0.25, 0.3) is 0 Å². The van der Waals surface area contributed by atoms with Crippen molar-refractivity contribution in [2.75, 3.05) is 32.8 Å². The van der Waals surface area contributed by atoms with Gasteiger partial charge >= 0.3 is 0 Å². The summed E-state index contributed by atoms with van der Waals surface area (Å²) in [5.74, 6) is -0.501. The largest absolute Gasteiger partial charge is 0.484 e. The first-order valence-electron chi connectivity index (χ1n) is 7.89. The lowest BCUT2D eigenvalue weighted by Crippen LogP contribution is -2.49. The Morgan fingerprint density at radius 3 is 2.20 bits per heavy atom. The zero-order valence-electron chi connectivity index (χ0n) is 14.3. The summed E-state index contributed by atoms with van der Waals surface area (Å²) in [6.07, 6.45) is 0. The van der Waals surface area contributed by atoms with Crippen molar-refractivity contribution in [2.45, 2.75) is 13.8 Å². The predicted molar refractivity (Wildman–Crippen MR) is 96.7 cm³/mol. The highest BCUT2D eigenvalue weighted by molar-refractivity contribution is 9.10. The first kappa shape index (κ1) is 20.9. The highest BCUT2D eigenvalue weighted by Crippen LogP contribution is 2.15. The number of hydrazine groups is 1. The Bertz CT molecular complexity index is 580. The average Bonchev–Trinajstić information content (AvgIpc) is 2.59. The van der Waals surface area contributed by atoms with E-state index in [0.29, 0.717) is 18.8 Å². The van der Waals surface area contributed by atoms with Gasteiger partial charge in [0.25, 0.3) is 11.8 Å². The Labute approximate surface area is 155 Å². The van der Waals surface area contributed by atoms with Crippen LogP contribution in [0.3, 0.4) is 0 Å². The Morgan fingerprint density at radius 1 is 1.00 bits per heavy atom. The van der Waals surface area contributed by atoms with E-state index < -0.39 is 11.8 Å². The van der Waals surface area contributed by atoms with Crippen molar-refractivity contribution in [2.24, 2.45) is 0 Å². The normalized spacial score (nSPS) is 10.2. The number of hydrogen-bond donors (Lipinski definition) is 3. The van der Waals surface area contributed by atoms with E-state index in [-0.39, 0.29) is 25.6 Å². The molecule has 3 amide bonds. The molecule has 0 saturated carbocycles. The lowest BCUT2D eigenvalue weighted by Gasteiger charge is -2.19. The van der Waals surface area contributed by atoms with Gasteiger partial charge in [0.05, 0.1) is 13.1 Å². The number of nitrogens with one attached hydrogen (secondary N) is 3. The highest BCUT2D eigenvalue weighted by Gasteiger charge is 2.13. The van der Waals surface area contributed by atoms with Crippen LogP contribution < -0.4 is 20.9 Å². The predicted octanol–water partition coefficient (Wildman–Crippen LogP) is 0.433. The van der Waals surface area contributed by atoms with Crippen molar-refractivity contribution in [1.82, 2.24) is 21.1 Å². The molecule has 1 aromatic rings. The summed E-state index contributed by atoms with van der Waals surface area (Å²) in [4.78, 5) is 36.7. The first-order valence-corrected chi connectivity index (χ1v) is 8.69. The van der Waals surface area contributed by atoms with E-state index in [1.807, 2.05) is 13.8 Å². The number of likely N-dealkylation sites (N-methyl/N-ethyl adjacent to an activating group) is 2. The molecule has 25 heavy (non-hydrogen) atoms. The van der Waals surface area contributed by atoms with Gasteiger partial charge in [0.2, 0.25) is 5.91 Å². The Kier molecular flexibility index (Phi) is 9.56. The molecular weight excluding hydrogens is 392 g/mol. The molecule has 0 heterocycles. The van der Waals surface area contributed by atoms with Crippen LogP contribution in [0.1, 0.15) is 13.8 Å². The molecule has 8 nitrogen and oxygen atoms in total. The molecule has 3 N–H and O–H groups in total. The van der Waals surface area contributed by atoms with Crippen LogP contribution in [0.2, 0.25) is 0 Å². The molecule has 1 rings (SSSR count). The first-order chi connectivity index (χ1) is 11.9. The third-order valence-electron chi connectivity index (χ3n) is 3.08. The van der Waals surface area contributed by atoms with E-state index in [9.17, 15) is 14.4 Å². The fourth-order valence-corrected chi connectivity index (χ4v) is 2.10. The number of benzene rings is 1. The van der Waals surface area contributed by atoms with E-state index in [0.717, 1.165) is 4.47 Å². The van der Waals surface area contributed by atoms with Gasteiger partial charge in [-0.05, 0) is 37.7 Å². The van der Waals surface area contributed by atoms with Crippen LogP contribution in [0.4, 0.5) is 0 Å². The van der Waals surface area contributed by atoms with Gasteiger partial charge in [-0.3, -0.25) is 30.1 Å². The van der Waals surface area contributed by atoms with Gasteiger partial charge in [-0.25, -0.2) is 0 Å². The molecule has 0 unspecified atom stereocenters. The third kappa shape index (κ3) is 9.06. The van der Waals surface area contributed by atoms with Crippen LogP contribution in [-0.4, -0.2) is 55.4 Å². The monoisotopic (exact) mass is 414 g/mol. The van der Waals surface area contributed by atoms with E-state index in [1.54, 1.807) is 29.2 Å². The molecule has 0 radical (unpaired) electrons. The van der Waals surface area contributed by atoms with Gasteiger partial charge in [-0.2, -0.15) is 0 Å².